The second-order valence-electron chi connectivity index (χ2n) is 3.50. The topological polar surface area (TPSA) is 56.0 Å². The first-order chi connectivity index (χ1) is 6.43. The van der Waals surface area contributed by atoms with Crippen molar-refractivity contribution < 1.29 is 4.79 Å². The molecule has 4 heteroatoms. The van der Waals surface area contributed by atoms with Gasteiger partial charge in [0.1, 0.15) is 5.82 Å². The Balaban J connectivity index is 3.31. The lowest BCUT2D eigenvalue weighted by Gasteiger charge is -2.10. The summed E-state index contributed by atoms with van der Waals surface area (Å²) in [5.74, 6) is 0.337. The summed E-state index contributed by atoms with van der Waals surface area (Å²) >= 11 is 5.97. The Morgan fingerprint density at radius 3 is 2.57 bits per heavy atom. The van der Waals surface area contributed by atoms with Gasteiger partial charge < -0.3 is 5.73 Å². The maximum Gasteiger partial charge on any atom is 0.163 e. The highest BCUT2D eigenvalue weighted by Gasteiger charge is 2.13. The lowest BCUT2D eigenvalue weighted by atomic mass is 10.1. The molecule has 0 atom stereocenters. The maximum atomic E-state index is 11.1. The molecular weight excluding hydrogens is 200 g/mol. The molecule has 0 saturated heterocycles. The fourth-order valence-electron chi connectivity index (χ4n) is 1.20. The molecule has 3 nitrogen and oxygen atoms in total. The van der Waals surface area contributed by atoms with E-state index in [0.717, 1.165) is 5.69 Å². The predicted molar refractivity (Wildman–Crippen MR) is 57.8 cm³/mol. The van der Waals surface area contributed by atoms with Crippen molar-refractivity contribution >= 4 is 23.2 Å². The van der Waals surface area contributed by atoms with Crippen LogP contribution in [-0.4, -0.2) is 10.8 Å². The number of pyridine rings is 1. The van der Waals surface area contributed by atoms with Crippen LogP contribution >= 0.6 is 11.6 Å². The summed E-state index contributed by atoms with van der Waals surface area (Å²) < 4.78 is 0. The van der Waals surface area contributed by atoms with Crippen molar-refractivity contribution in [3.8, 4) is 0 Å². The molecule has 1 aromatic rings. The Hall–Kier alpha value is -1.09. The Bertz CT molecular complexity index is 375. The molecule has 0 aliphatic carbocycles. The van der Waals surface area contributed by atoms with Crippen LogP contribution in [0.2, 0.25) is 5.02 Å². The second-order valence-corrected chi connectivity index (χ2v) is 3.91. The van der Waals surface area contributed by atoms with Gasteiger partial charge in [0, 0.05) is 0 Å². The molecule has 2 N–H and O–H groups in total. The van der Waals surface area contributed by atoms with Gasteiger partial charge in [-0.1, -0.05) is 25.4 Å². The molecule has 0 fully saturated rings. The van der Waals surface area contributed by atoms with E-state index in [1.54, 1.807) is 6.07 Å². The molecule has 0 spiro atoms. The lowest BCUT2D eigenvalue weighted by molar-refractivity contribution is 0.101. The predicted octanol–water partition coefficient (Wildman–Crippen LogP) is 2.64. The van der Waals surface area contributed by atoms with Crippen molar-refractivity contribution in [3.63, 3.8) is 0 Å². The van der Waals surface area contributed by atoms with Gasteiger partial charge in [0.2, 0.25) is 0 Å². The number of aromatic nitrogens is 1. The van der Waals surface area contributed by atoms with Gasteiger partial charge in [0.05, 0.1) is 16.3 Å². The van der Waals surface area contributed by atoms with Crippen molar-refractivity contribution in [1.29, 1.82) is 0 Å². The van der Waals surface area contributed by atoms with E-state index in [9.17, 15) is 4.79 Å². The van der Waals surface area contributed by atoms with Gasteiger partial charge >= 0.3 is 0 Å². The molecule has 0 amide bonds. The Morgan fingerprint density at radius 1 is 1.57 bits per heavy atom. The first-order valence-corrected chi connectivity index (χ1v) is 4.78. The Morgan fingerprint density at radius 2 is 2.14 bits per heavy atom. The molecule has 0 saturated carbocycles. The SMILES string of the molecule is CC(=O)c1cc(Cl)c(C(C)C)nc1N. The molecule has 1 rings (SSSR count). The van der Waals surface area contributed by atoms with Gasteiger partial charge in [-0.15, -0.1) is 0 Å². The number of nitrogens with two attached hydrogens (primary N) is 1. The van der Waals surface area contributed by atoms with E-state index in [1.165, 1.54) is 6.92 Å². The highest BCUT2D eigenvalue weighted by Crippen LogP contribution is 2.25. The first-order valence-electron chi connectivity index (χ1n) is 4.40. The van der Waals surface area contributed by atoms with E-state index < -0.39 is 0 Å². The van der Waals surface area contributed by atoms with Gasteiger partial charge in [-0.25, -0.2) is 4.98 Å². The quantitative estimate of drug-likeness (QED) is 0.767. The van der Waals surface area contributed by atoms with Crippen LogP contribution < -0.4 is 5.73 Å². The number of nitrogens with zero attached hydrogens (tertiary/aromatic N) is 1. The number of hydrogen-bond acceptors (Lipinski definition) is 3. The number of Topliss-reactive ketones (excluding diaryl/α,β-unsaturated/α-hetero) is 1. The van der Waals surface area contributed by atoms with Gasteiger partial charge in [-0.3, -0.25) is 4.79 Å². The standard InChI is InChI=1S/C10H13ClN2O/c1-5(2)9-8(11)4-7(6(3)14)10(12)13-9/h4-5H,1-3H3,(H2,12,13). The van der Waals surface area contributed by atoms with Crippen LogP contribution in [0.1, 0.15) is 42.7 Å². The number of carbonyl (C=O) groups is 1. The fraction of sp³-hybridized carbons (Fsp3) is 0.400. The Kier molecular flexibility index (Phi) is 3.11. The van der Waals surface area contributed by atoms with Crippen LogP contribution in [0.25, 0.3) is 0 Å². The summed E-state index contributed by atoms with van der Waals surface area (Å²) in [7, 11) is 0. The summed E-state index contributed by atoms with van der Waals surface area (Å²) in [5.41, 5.74) is 6.76. The highest BCUT2D eigenvalue weighted by molar-refractivity contribution is 6.31. The molecule has 0 aromatic carbocycles. The average molecular weight is 213 g/mol. The minimum atomic E-state index is -0.118. The minimum absolute atomic E-state index is 0.118. The molecule has 0 aliphatic heterocycles. The van der Waals surface area contributed by atoms with E-state index in [1.807, 2.05) is 13.8 Å². The molecule has 1 aromatic heterocycles. The van der Waals surface area contributed by atoms with Crippen LogP contribution in [0, 0.1) is 0 Å². The van der Waals surface area contributed by atoms with E-state index in [4.69, 9.17) is 17.3 Å². The van der Waals surface area contributed by atoms with Gasteiger partial charge in [0.15, 0.2) is 5.78 Å². The maximum absolute atomic E-state index is 11.1. The van der Waals surface area contributed by atoms with Crippen LogP contribution in [-0.2, 0) is 0 Å². The monoisotopic (exact) mass is 212 g/mol. The third-order valence-corrected chi connectivity index (χ3v) is 2.26. The molecule has 14 heavy (non-hydrogen) atoms. The zero-order chi connectivity index (χ0) is 10.9. The zero-order valence-electron chi connectivity index (χ0n) is 8.47. The summed E-state index contributed by atoms with van der Waals surface area (Å²) in [6.07, 6.45) is 0. The number of rotatable bonds is 2. The van der Waals surface area contributed by atoms with E-state index >= 15 is 0 Å². The van der Waals surface area contributed by atoms with Crippen molar-refractivity contribution in [2.24, 2.45) is 0 Å². The summed E-state index contributed by atoms with van der Waals surface area (Å²) in [5, 5.41) is 0.499. The summed E-state index contributed by atoms with van der Waals surface area (Å²) in [6.45, 7) is 5.39. The number of ketones is 1. The van der Waals surface area contributed by atoms with Gasteiger partial charge in [-0.2, -0.15) is 0 Å². The number of nitrogen functional groups attached to an aromatic ring is 1. The smallest absolute Gasteiger partial charge is 0.163 e. The number of anilines is 1. The second kappa shape index (κ2) is 3.96. The molecule has 76 valence electrons. The van der Waals surface area contributed by atoms with Crippen molar-refractivity contribution in [3.05, 3.63) is 22.3 Å². The zero-order valence-corrected chi connectivity index (χ0v) is 9.22. The third kappa shape index (κ3) is 2.04. The van der Waals surface area contributed by atoms with E-state index in [2.05, 4.69) is 4.98 Å². The lowest BCUT2D eigenvalue weighted by Crippen LogP contribution is -2.06. The van der Waals surface area contributed by atoms with Crippen molar-refractivity contribution in [2.75, 3.05) is 5.73 Å². The normalized spacial score (nSPS) is 10.6. The van der Waals surface area contributed by atoms with E-state index in [0.29, 0.717) is 10.6 Å². The van der Waals surface area contributed by atoms with Gasteiger partial charge in [-0.05, 0) is 18.9 Å². The Labute approximate surface area is 88.3 Å². The molecule has 0 radical (unpaired) electrons. The minimum Gasteiger partial charge on any atom is -0.383 e. The third-order valence-electron chi connectivity index (χ3n) is 1.96. The molecular formula is C10H13ClN2O. The van der Waals surface area contributed by atoms with Crippen LogP contribution in [0.5, 0.6) is 0 Å². The number of hydrogen-bond donors (Lipinski definition) is 1. The largest absolute Gasteiger partial charge is 0.383 e. The summed E-state index contributed by atoms with van der Waals surface area (Å²) in [4.78, 5) is 15.2. The summed E-state index contributed by atoms with van der Waals surface area (Å²) in [6, 6.07) is 1.58. The highest BCUT2D eigenvalue weighted by atomic mass is 35.5. The molecule has 1 heterocycles. The van der Waals surface area contributed by atoms with Crippen molar-refractivity contribution in [2.45, 2.75) is 26.7 Å². The molecule has 0 bridgehead atoms. The van der Waals surface area contributed by atoms with Crippen LogP contribution in [0.4, 0.5) is 5.82 Å². The van der Waals surface area contributed by atoms with Crippen molar-refractivity contribution in [1.82, 2.24) is 4.98 Å². The van der Waals surface area contributed by atoms with Gasteiger partial charge in [0.25, 0.3) is 0 Å². The molecule has 0 aliphatic rings. The van der Waals surface area contributed by atoms with E-state index in [-0.39, 0.29) is 17.5 Å². The number of carbonyl (C=O) groups excluding carboxylic acids is 1. The van der Waals surface area contributed by atoms with Crippen LogP contribution in [0.3, 0.4) is 0 Å². The van der Waals surface area contributed by atoms with Crippen LogP contribution in [0.15, 0.2) is 6.07 Å². The average Bonchev–Trinajstić information content (AvgIpc) is 2.07. The fourth-order valence-corrected chi connectivity index (χ4v) is 1.57. The molecule has 0 unspecified atom stereocenters. The number of halogens is 1. The first kappa shape index (κ1) is 11.0.